The van der Waals surface area contributed by atoms with Gasteiger partial charge in [-0.25, -0.2) is 0 Å². The van der Waals surface area contributed by atoms with E-state index < -0.39 is 0 Å². The third kappa shape index (κ3) is 3.83. The van der Waals surface area contributed by atoms with Gasteiger partial charge in [0.25, 0.3) is 0 Å². The van der Waals surface area contributed by atoms with Crippen LogP contribution in [0.25, 0.3) is 10.9 Å². The number of anilines is 3. The number of hydrogen-bond acceptors (Lipinski definition) is 4. The number of fused-ring (bicyclic) bond motifs is 1. The predicted molar refractivity (Wildman–Crippen MR) is 120 cm³/mol. The largest absolute Gasteiger partial charge is 0.370 e. The van der Waals surface area contributed by atoms with Crippen molar-refractivity contribution in [2.45, 2.75) is 26.7 Å². The molecule has 0 radical (unpaired) electrons. The Labute approximate surface area is 168 Å². The highest BCUT2D eigenvalue weighted by Crippen LogP contribution is 2.32. The second-order valence-corrected chi connectivity index (χ2v) is 7.74. The van der Waals surface area contributed by atoms with Gasteiger partial charge in [0.2, 0.25) is 0 Å². The molecule has 0 aliphatic carbocycles. The normalized spacial score (nSPS) is 15.6. The Kier molecular flexibility index (Phi) is 5.49. The zero-order valence-electron chi connectivity index (χ0n) is 17.2. The maximum atomic E-state index is 4.79. The molecule has 4 nitrogen and oxygen atoms in total. The van der Waals surface area contributed by atoms with Crippen LogP contribution in [0.15, 0.2) is 48.5 Å². The van der Waals surface area contributed by atoms with Crippen LogP contribution in [0, 0.1) is 6.92 Å². The minimum atomic E-state index is 0.964. The third-order valence-corrected chi connectivity index (χ3v) is 5.77. The molecule has 28 heavy (non-hydrogen) atoms. The summed E-state index contributed by atoms with van der Waals surface area (Å²) in [6, 6.07) is 17.3. The Bertz CT molecular complexity index is 949. The number of pyridine rings is 1. The van der Waals surface area contributed by atoms with Gasteiger partial charge in [-0.05, 0) is 69.3 Å². The number of nitrogens with one attached hydrogen (secondary N) is 1. The van der Waals surface area contributed by atoms with Gasteiger partial charge in [0, 0.05) is 42.1 Å². The predicted octanol–water partition coefficient (Wildman–Crippen LogP) is 4.99. The lowest BCUT2D eigenvalue weighted by Crippen LogP contribution is -2.28. The highest BCUT2D eigenvalue weighted by molar-refractivity contribution is 5.95. The lowest BCUT2D eigenvalue weighted by Gasteiger charge is -2.23. The van der Waals surface area contributed by atoms with E-state index in [1.807, 2.05) is 0 Å². The zero-order valence-corrected chi connectivity index (χ0v) is 17.2. The van der Waals surface area contributed by atoms with Gasteiger partial charge in [0.15, 0.2) is 0 Å². The number of para-hydroxylation sites is 1. The number of rotatable bonds is 4. The average molecular weight is 375 g/mol. The minimum Gasteiger partial charge on any atom is -0.370 e. The van der Waals surface area contributed by atoms with Crippen LogP contribution in [0.5, 0.6) is 0 Å². The van der Waals surface area contributed by atoms with Crippen molar-refractivity contribution in [3.8, 4) is 0 Å². The summed E-state index contributed by atoms with van der Waals surface area (Å²) >= 11 is 0. The van der Waals surface area contributed by atoms with Crippen molar-refractivity contribution < 1.29 is 0 Å². The van der Waals surface area contributed by atoms with E-state index in [9.17, 15) is 0 Å². The molecular formula is C24H30N4. The van der Waals surface area contributed by atoms with Crippen LogP contribution in [0.3, 0.4) is 0 Å². The summed E-state index contributed by atoms with van der Waals surface area (Å²) in [4.78, 5) is 9.70. The molecule has 2 heterocycles. The molecule has 1 N–H and O–H groups in total. The molecule has 1 fully saturated rings. The monoisotopic (exact) mass is 374 g/mol. The second kappa shape index (κ2) is 8.19. The van der Waals surface area contributed by atoms with E-state index in [0.717, 1.165) is 43.0 Å². The van der Waals surface area contributed by atoms with Gasteiger partial charge in [0.1, 0.15) is 0 Å². The molecular weight excluding hydrogens is 344 g/mol. The van der Waals surface area contributed by atoms with Crippen molar-refractivity contribution in [2.75, 3.05) is 43.4 Å². The third-order valence-electron chi connectivity index (χ3n) is 5.77. The van der Waals surface area contributed by atoms with E-state index in [-0.39, 0.29) is 0 Å². The molecule has 1 saturated heterocycles. The Balaban J connectivity index is 1.61. The van der Waals surface area contributed by atoms with Crippen LogP contribution in [-0.2, 0) is 6.42 Å². The molecule has 0 bridgehead atoms. The summed E-state index contributed by atoms with van der Waals surface area (Å²) in [5.74, 6) is 0. The second-order valence-electron chi connectivity index (χ2n) is 7.74. The summed E-state index contributed by atoms with van der Waals surface area (Å²) < 4.78 is 0. The Morgan fingerprint density at radius 2 is 1.75 bits per heavy atom. The molecule has 1 aromatic heterocycles. The Morgan fingerprint density at radius 3 is 2.54 bits per heavy atom. The van der Waals surface area contributed by atoms with Gasteiger partial charge >= 0.3 is 0 Å². The first-order chi connectivity index (χ1) is 13.7. The molecule has 2 aromatic carbocycles. The van der Waals surface area contributed by atoms with E-state index in [0.29, 0.717) is 0 Å². The van der Waals surface area contributed by atoms with Crippen molar-refractivity contribution in [1.29, 1.82) is 0 Å². The maximum absolute atomic E-state index is 4.79. The fraction of sp³-hybridized carbons (Fsp3) is 0.375. The molecule has 4 heteroatoms. The summed E-state index contributed by atoms with van der Waals surface area (Å²) in [5.41, 5.74) is 7.07. The molecule has 0 atom stereocenters. The standard InChI is InChI=1S/C24H30N4/c1-4-21-18(2)25-23-9-6-5-8-22(23)24(21)26-19-10-12-20(13-11-19)28-15-7-14-27(3)16-17-28/h5-6,8-13H,4,7,14-17H2,1-3H3,(H,25,26). The van der Waals surface area contributed by atoms with Crippen LogP contribution >= 0.6 is 0 Å². The molecule has 1 aliphatic rings. The van der Waals surface area contributed by atoms with Crippen LogP contribution in [0.1, 0.15) is 24.6 Å². The summed E-state index contributed by atoms with van der Waals surface area (Å²) in [5, 5.41) is 4.87. The van der Waals surface area contributed by atoms with E-state index in [1.54, 1.807) is 0 Å². The number of benzene rings is 2. The first kappa shape index (κ1) is 18.8. The van der Waals surface area contributed by atoms with Crippen molar-refractivity contribution in [2.24, 2.45) is 0 Å². The first-order valence-electron chi connectivity index (χ1n) is 10.3. The highest BCUT2D eigenvalue weighted by Gasteiger charge is 2.14. The van der Waals surface area contributed by atoms with E-state index in [4.69, 9.17) is 4.98 Å². The fourth-order valence-electron chi connectivity index (χ4n) is 4.15. The van der Waals surface area contributed by atoms with Crippen LogP contribution in [-0.4, -0.2) is 43.1 Å². The van der Waals surface area contributed by atoms with Crippen molar-refractivity contribution in [3.63, 3.8) is 0 Å². The van der Waals surface area contributed by atoms with Crippen molar-refractivity contribution >= 4 is 28.0 Å². The van der Waals surface area contributed by atoms with Gasteiger partial charge in [-0.1, -0.05) is 25.1 Å². The number of hydrogen-bond donors (Lipinski definition) is 1. The van der Waals surface area contributed by atoms with Crippen LogP contribution in [0.4, 0.5) is 17.1 Å². The lowest BCUT2D eigenvalue weighted by atomic mass is 10.0. The smallest absolute Gasteiger partial charge is 0.0726 e. The molecule has 0 spiro atoms. The van der Waals surface area contributed by atoms with E-state index >= 15 is 0 Å². The van der Waals surface area contributed by atoms with Crippen LogP contribution < -0.4 is 10.2 Å². The van der Waals surface area contributed by atoms with Gasteiger partial charge < -0.3 is 15.1 Å². The lowest BCUT2D eigenvalue weighted by molar-refractivity contribution is 0.360. The maximum Gasteiger partial charge on any atom is 0.0726 e. The molecule has 0 saturated carbocycles. The SMILES string of the molecule is CCc1c(C)nc2ccccc2c1Nc1ccc(N2CCCN(C)CC2)cc1. The van der Waals surface area contributed by atoms with Gasteiger partial charge in [0.05, 0.1) is 11.2 Å². The Morgan fingerprint density at radius 1 is 0.964 bits per heavy atom. The number of aromatic nitrogens is 1. The Hall–Kier alpha value is -2.59. The van der Waals surface area contributed by atoms with Gasteiger partial charge in [-0.15, -0.1) is 0 Å². The number of nitrogens with zero attached hydrogens (tertiary/aromatic N) is 3. The quantitative estimate of drug-likeness (QED) is 0.697. The summed E-state index contributed by atoms with van der Waals surface area (Å²) in [7, 11) is 2.21. The fourth-order valence-corrected chi connectivity index (χ4v) is 4.15. The van der Waals surface area contributed by atoms with E-state index in [2.05, 4.69) is 84.5 Å². The molecule has 0 unspecified atom stereocenters. The minimum absolute atomic E-state index is 0.964. The molecule has 3 aromatic rings. The average Bonchev–Trinajstić information content (AvgIpc) is 2.93. The van der Waals surface area contributed by atoms with Crippen LogP contribution in [0.2, 0.25) is 0 Å². The highest BCUT2D eigenvalue weighted by atomic mass is 15.2. The summed E-state index contributed by atoms with van der Waals surface area (Å²) in [6.45, 7) is 8.84. The summed E-state index contributed by atoms with van der Waals surface area (Å²) in [6.07, 6.45) is 2.18. The van der Waals surface area contributed by atoms with Crippen molar-refractivity contribution in [3.05, 3.63) is 59.8 Å². The molecule has 0 amide bonds. The molecule has 146 valence electrons. The van der Waals surface area contributed by atoms with Gasteiger partial charge in [-0.2, -0.15) is 0 Å². The first-order valence-corrected chi connectivity index (χ1v) is 10.3. The van der Waals surface area contributed by atoms with Crippen molar-refractivity contribution in [1.82, 2.24) is 9.88 Å². The van der Waals surface area contributed by atoms with Gasteiger partial charge in [-0.3, -0.25) is 4.98 Å². The molecule has 4 rings (SSSR count). The zero-order chi connectivity index (χ0) is 19.5. The van der Waals surface area contributed by atoms with E-state index in [1.165, 1.54) is 35.3 Å². The topological polar surface area (TPSA) is 31.4 Å². The number of aryl methyl sites for hydroxylation is 1. The number of likely N-dealkylation sites (N-methyl/N-ethyl adjacent to an activating group) is 1. The molecule has 1 aliphatic heterocycles.